The maximum Gasteiger partial charge on any atom is 0.143 e. The first-order valence-corrected chi connectivity index (χ1v) is 5.54. The molecule has 4 nitrogen and oxygen atoms in total. The first-order chi connectivity index (χ1) is 7.65. The Morgan fingerprint density at radius 2 is 2.19 bits per heavy atom. The second kappa shape index (κ2) is 4.14. The van der Waals surface area contributed by atoms with Crippen LogP contribution in [-0.2, 0) is 6.42 Å². The zero-order valence-electron chi connectivity index (χ0n) is 9.64. The van der Waals surface area contributed by atoms with Gasteiger partial charge in [0.05, 0.1) is 0 Å². The van der Waals surface area contributed by atoms with Crippen molar-refractivity contribution >= 4 is 10.9 Å². The first kappa shape index (κ1) is 11.0. The number of nitrogens with two attached hydrogens (primary N) is 1. The van der Waals surface area contributed by atoms with Crippen molar-refractivity contribution in [2.75, 3.05) is 6.54 Å². The predicted octanol–water partition coefficient (Wildman–Crippen LogP) is 1.82. The van der Waals surface area contributed by atoms with Crippen molar-refractivity contribution < 1.29 is 5.11 Å². The van der Waals surface area contributed by atoms with E-state index in [-0.39, 0.29) is 11.8 Å². The van der Waals surface area contributed by atoms with Crippen LogP contribution in [0, 0.1) is 0 Å². The van der Waals surface area contributed by atoms with Crippen LogP contribution in [0.3, 0.4) is 0 Å². The van der Waals surface area contributed by atoms with E-state index in [0.717, 1.165) is 17.5 Å². The number of rotatable bonds is 3. The van der Waals surface area contributed by atoms with Gasteiger partial charge in [-0.05, 0) is 26.5 Å². The fraction of sp³-hybridized carbons (Fsp3) is 0.417. The van der Waals surface area contributed by atoms with E-state index in [0.29, 0.717) is 12.1 Å². The normalized spacial score (nSPS) is 11.5. The van der Waals surface area contributed by atoms with Crippen molar-refractivity contribution in [2.45, 2.75) is 26.3 Å². The molecule has 2 rings (SSSR count). The lowest BCUT2D eigenvalue weighted by Crippen LogP contribution is -2.12. The lowest BCUT2D eigenvalue weighted by Gasteiger charge is -2.09. The van der Waals surface area contributed by atoms with Gasteiger partial charge in [0, 0.05) is 23.5 Å². The van der Waals surface area contributed by atoms with E-state index in [9.17, 15) is 5.11 Å². The van der Waals surface area contributed by atoms with Crippen molar-refractivity contribution in [3.05, 3.63) is 23.9 Å². The minimum Gasteiger partial charge on any atom is -0.506 e. The largest absolute Gasteiger partial charge is 0.506 e. The molecule has 0 bridgehead atoms. The monoisotopic (exact) mass is 219 g/mol. The molecule has 0 radical (unpaired) electrons. The Labute approximate surface area is 94.7 Å². The summed E-state index contributed by atoms with van der Waals surface area (Å²) in [5.41, 5.74) is 7.38. The Morgan fingerprint density at radius 1 is 1.44 bits per heavy atom. The highest BCUT2D eigenvalue weighted by Gasteiger charge is 2.14. The molecule has 0 spiro atoms. The van der Waals surface area contributed by atoms with Gasteiger partial charge in [-0.15, -0.1) is 0 Å². The molecule has 4 heteroatoms. The van der Waals surface area contributed by atoms with Crippen LogP contribution < -0.4 is 5.73 Å². The van der Waals surface area contributed by atoms with Crippen LogP contribution in [0.2, 0.25) is 0 Å². The van der Waals surface area contributed by atoms with Crippen molar-refractivity contribution in [3.63, 3.8) is 0 Å². The van der Waals surface area contributed by atoms with Gasteiger partial charge in [-0.25, -0.2) is 0 Å². The van der Waals surface area contributed by atoms with Crippen LogP contribution in [-0.4, -0.2) is 21.4 Å². The summed E-state index contributed by atoms with van der Waals surface area (Å²) >= 11 is 0. The molecular weight excluding hydrogens is 202 g/mol. The van der Waals surface area contributed by atoms with Gasteiger partial charge in [0.1, 0.15) is 11.3 Å². The van der Waals surface area contributed by atoms with Gasteiger partial charge in [0.15, 0.2) is 0 Å². The molecule has 1 heterocycles. The summed E-state index contributed by atoms with van der Waals surface area (Å²) in [5.74, 6) is 0.232. The Hall–Kier alpha value is -1.55. The van der Waals surface area contributed by atoms with E-state index in [1.54, 1.807) is 6.07 Å². The Bertz CT molecular complexity index is 502. The van der Waals surface area contributed by atoms with Gasteiger partial charge in [0.25, 0.3) is 0 Å². The van der Waals surface area contributed by atoms with Gasteiger partial charge >= 0.3 is 0 Å². The molecule has 0 aliphatic heterocycles. The lowest BCUT2D eigenvalue weighted by molar-refractivity contribution is 0.475. The van der Waals surface area contributed by atoms with Crippen molar-refractivity contribution in [1.82, 2.24) is 9.78 Å². The number of benzene rings is 1. The SMILES string of the molecule is CC(C)n1nc2c(O)cccc2c1CCN. The van der Waals surface area contributed by atoms with E-state index < -0.39 is 0 Å². The van der Waals surface area contributed by atoms with Crippen LogP contribution in [0.4, 0.5) is 0 Å². The van der Waals surface area contributed by atoms with Crippen LogP contribution in [0.25, 0.3) is 10.9 Å². The van der Waals surface area contributed by atoms with Crippen LogP contribution in [0.5, 0.6) is 5.75 Å². The zero-order valence-corrected chi connectivity index (χ0v) is 9.64. The van der Waals surface area contributed by atoms with Crippen LogP contribution >= 0.6 is 0 Å². The van der Waals surface area contributed by atoms with Gasteiger partial charge in [-0.3, -0.25) is 4.68 Å². The standard InChI is InChI=1S/C12H17N3O/c1-8(2)15-10(6-7-13)9-4-3-5-11(16)12(9)14-15/h3-5,8,16H,6-7,13H2,1-2H3. The molecular formula is C12H17N3O. The van der Waals surface area contributed by atoms with E-state index in [1.165, 1.54) is 0 Å². The molecule has 2 aromatic rings. The molecule has 1 aromatic heterocycles. The highest BCUT2D eigenvalue weighted by molar-refractivity contribution is 5.86. The number of phenolic OH excluding ortho intramolecular Hbond substituents is 1. The Morgan fingerprint density at radius 3 is 2.81 bits per heavy atom. The fourth-order valence-corrected chi connectivity index (χ4v) is 1.97. The number of aromatic hydroxyl groups is 1. The predicted molar refractivity (Wildman–Crippen MR) is 64.5 cm³/mol. The number of phenols is 1. The quantitative estimate of drug-likeness (QED) is 0.827. The van der Waals surface area contributed by atoms with Gasteiger partial charge in [-0.1, -0.05) is 12.1 Å². The topological polar surface area (TPSA) is 64.1 Å². The molecule has 86 valence electrons. The zero-order chi connectivity index (χ0) is 11.7. The maximum atomic E-state index is 9.75. The summed E-state index contributed by atoms with van der Waals surface area (Å²) in [5, 5.41) is 15.2. The number of nitrogens with zero attached hydrogens (tertiary/aromatic N) is 2. The summed E-state index contributed by atoms with van der Waals surface area (Å²) in [6.45, 7) is 4.73. The second-order valence-corrected chi connectivity index (χ2v) is 4.20. The molecule has 0 atom stereocenters. The van der Waals surface area contributed by atoms with E-state index >= 15 is 0 Å². The van der Waals surface area contributed by atoms with Gasteiger partial charge < -0.3 is 10.8 Å². The van der Waals surface area contributed by atoms with E-state index in [4.69, 9.17) is 5.73 Å². The Kier molecular flexibility index (Phi) is 2.83. The molecule has 0 aliphatic carbocycles. The minimum absolute atomic E-state index is 0.232. The number of fused-ring (bicyclic) bond motifs is 1. The average molecular weight is 219 g/mol. The molecule has 0 fully saturated rings. The van der Waals surface area contributed by atoms with Crippen molar-refractivity contribution in [2.24, 2.45) is 5.73 Å². The number of hydrogen-bond acceptors (Lipinski definition) is 3. The molecule has 0 aliphatic rings. The number of hydrogen-bond donors (Lipinski definition) is 2. The highest BCUT2D eigenvalue weighted by Crippen LogP contribution is 2.28. The van der Waals surface area contributed by atoms with Crippen LogP contribution in [0.1, 0.15) is 25.6 Å². The molecule has 0 saturated carbocycles. The summed E-state index contributed by atoms with van der Waals surface area (Å²) in [6, 6.07) is 5.75. The lowest BCUT2D eigenvalue weighted by atomic mass is 10.1. The van der Waals surface area contributed by atoms with E-state index in [1.807, 2.05) is 16.8 Å². The summed E-state index contributed by atoms with van der Waals surface area (Å²) in [7, 11) is 0. The minimum atomic E-state index is 0.232. The molecule has 3 N–H and O–H groups in total. The third-order valence-electron chi connectivity index (χ3n) is 2.68. The Balaban J connectivity index is 2.70. The average Bonchev–Trinajstić information content (AvgIpc) is 2.60. The maximum absolute atomic E-state index is 9.75. The summed E-state index contributed by atoms with van der Waals surface area (Å²) in [6.07, 6.45) is 0.776. The third kappa shape index (κ3) is 1.65. The fourth-order valence-electron chi connectivity index (χ4n) is 1.97. The molecule has 0 amide bonds. The van der Waals surface area contributed by atoms with E-state index in [2.05, 4.69) is 18.9 Å². The second-order valence-electron chi connectivity index (χ2n) is 4.20. The number of aromatic nitrogens is 2. The molecule has 16 heavy (non-hydrogen) atoms. The van der Waals surface area contributed by atoms with Gasteiger partial charge in [0.2, 0.25) is 0 Å². The van der Waals surface area contributed by atoms with Crippen molar-refractivity contribution in [3.8, 4) is 5.75 Å². The van der Waals surface area contributed by atoms with Crippen molar-refractivity contribution in [1.29, 1.82) is 0 Å². The third-order valence-corrected chi connectivity index (χ3v) is 2.68. The molecule has 1 aromatic carbocycles. The smallest absolute Gasteiger partial charge is 0.143 e. The molecule has 0 unspecified atom stereocenters. The molecule has 0 saturated heterocycles. The van der Waals surface area contributed by atoms with Crippen LogP contribution in [0.15, 0.2) is 18.2 Å². The first-order valence-electron chi connectivity index (χ1n) is 5.54. The highest BCUT2D eigenvalue weighted by atomic mass is 16.3. The summed E-state index contributed by atoms with van der Waals surface area (Å²) in [4.78, 5) is 0. The van der Waals surface area contributed by atoms with Gasteiger partial charge in [-0.2, -0.15) is 5.10 Å². The summed E-state index contributed by atoms with van der Waals surface area (Å²) < 4.78 is 1.94.